The van der Waals surface area contributed by atoms with E-state index in [-0.39, 0.29) is 31.0 Å². The number of aromatic nitrogens is 2. The van der Waals surface area contributed by atoms with Gasteiger partial charge in [-0.25, -0.2) is 0 Å². The third-order valence-corrected chi connectivity index (χ3v) is 6.81. The van der Waals surface area contributed by atoms with Gasteiger partial charge in [-0.2, -0.15) is 5.10 Å². The number of carbonyl (C=O) groups excluding carboxylic acids is 2. The minimum atomic E-state index is -0.337. The van der Waals surface area contributed by atoms with Gasteiger partial charge in [0.15, 0.2) is 18.1 Å². The molecule has 0 radical (unpaired) electrons. The van der Waals surface area contributed by atoms with Crippen molar-refractivity contribution in [3.05, 3.63) is 70.5 Å². The summed E-state index contributed by atoms with van der Waals surface area (Å²) in [5.74, 6) is 1.54. The largest absolute Gasteiger partial charge is 0.494 e. The van der Waals surface area contributed by atoms with Gasteiger partial charge in [0.05, 0.1) is 25.5 Å². The van der Waals surface area contributed by atoms with Crippen molar-refractivity contribution in [3.63, 3.8) is 0 Å². The van der Waals surface area contributed by atoms with E-state index in [0.29, 0.717) is 44.0 Å². The van der Waals surface area contributed by atoms with E-state index in [4.69, 9.17) is 14.2 Å². The quantitative estimate of drug-likeness (QED) is 0.590. The van der Waals surface area contributed by atoms with Crippen molar-refractivity contribution in [2.24, 2.45) is 0 Å². The predicted molar refractivity (Wildman–Crippen MR) is 137 cm³/mol. The van der Waals surface area contributed by atoms with Crippen LogP contribution in [0.15, 0.2) is 42.5 Å². The summed E-state index contributed by atoms with van der Waals surface area (Å²) in [6, 6.07) is 13.4. The van der Waals surface area contributed by atoms with Crippen molar-refractivity contribution >= 4 is 11.8 Å². The second-order valence-electron chi connectivity index (χ2n) is 9.44. The predicted octanol–water partition coefficient (Wildman–Crippen LogP) is 2.96. The van der Waals surface area contributed by atoms with E-state index < -0.39 is 0 Å². The van der Waals surface area contributed by atoms with E-state index in [0.717, 1.165) is 33.8 Å². The van der Waals surface area contributed by atoms with Crippen molar-refractivity contribution < 1.29 is 23.8 Å². The van der Waals surface area contributed by atoms with Crippen LogP contribution in [-0.4, -0.2) is 59.9 Å². The second-order valence-corrected chi connectivity index (χ2v) is 9.44. The lowest BCUT2D eigenvalue weighted by atomic mass is 9.87. The van der Waals surface area contributed by atoms with Crippen molar-refractivity contribution in [2.45, 2.75) is 39.3 Å². The number of rotatable bonds is 3. The Labute approximate surface area is 216 Å². The lowest BCUT2D eigenvalue weighted by molar-refractivity contribution is -0.134. The van der Waals surface area contributed by atoms with Crippen LogP contribution in [0, 0.1) is 13.8 Å². The first-order valence-electron chi connectivity index (χ1n) is 12.6. The first-order valence-corrected chi connectivity index (χ1v) is 12.6. The van der Waals surface area contributed by atoms with E-state index >= 15 is 0 Å². The van der Waals surface area contributed by atoms with E-state index in [1.54, 1.807) is 11.8 Å². The monoisotopic (exact) mass is 504 g/mol. The molecule has 9 nitrogen and oxygen atoms in total. The molecular weight excluding hydrogens is 472 g/mol. The minimum Gasteiger partial charge on any atom is -0.494 e. The van der Waals surface area contributed by atoms with Crippen molar-refractivity contribution in [2.75, 3.05) is 33.4 Å². The third-order valence-electron chi connectivity index (χ3n) is 6.81. The fourth-order valence-electron chi connectivity index (χ4n) is 5.04. The van der Waals surface area contributed by atoms with Crippen LogP contribution >= 0.6 is 0 Å². The van der Waals surface area contributed by atoms with Crippen LogP contribution in [0.25, 0.3) is 0 Å². The number of hydrogen-bond donors (Lipinski definition) is 1. The number of carbonyl (C=O) groups is 2. The number of nitrogens with one attached hydrogen (secondary N) is 1. The van der Waals surface area contributed by atoms with Crippen LogP contribution in [0.1, 0.15) is 40.5 Å². The molecule has 2 amide bonds. The topological polar surface area (TPSA) is 94.9 Å². The summed E-state index contributed by atoms with van der Waals surface area (Å²) in [7, 11) is 1.57. The molecule has 0 spiro atoms. The molecule has 1 unspecified atom stereocenters. The van der Waals surface area contributed by atoms with E-state index in [2.05, 4.69) is 10.4 Å². The summed E-state index contributed by atoms with van der Waals surface area (Å²) >= 11 is 0. The SMILES string of the molecule is COc1cc2c3cc1OCC(=O)NCCCOc1cccc(c1)C2N(C(=O)Cn1nc(C)cc1C)CC3. The van der Waals surface area contributed by atoms with Gasteiger partial charge in [-0.05, 0) is 73.7 Å². The fourth-order valence-corrected chi connectivity index (χ4v) is 5.04. The third kappa shape index (κ3) is 5.26. The molecule has 1 aromatic heterocycles. The van der Waals surface area contributed by atoms with Gasteiger partial charge < -0.3 is 24.4 Å². The van der Waals surface area contributed by atoms with E-state index in [1.165, 1.54) is 0 Å². The Morgan fingerprint density at radius 2 is 2.05 bits per heavy atom. The average molecular weight is 505 g/mol. The molecule has 1 N–H and O–H groups in total. The van der Waals surface area contributed by atoms with Crippen LogP contribution in [0.3, 0.4) is 0 Å². The lowest BCUT2D eigenvalue weighted by Crippen LogP contribution is -2.42. The molecule has 3 aliphatic heterocycles. The molecule has 4 heterocycles. The maximum Gasteiger partial charge on any atom is 0.257 e. The van der Waals surface area contributed by atoms with Crippen LogP contribution in [0.2, 0.25) is 0 Å². The molecule has 6 bridgehead atoms. The smallest absolute Gasteiger partial charge is 0.257 e. The number of ether oxygens (including phenoxy) is 3. The van der Waals surface area contributed by atoms with Gasteiger partial charge >= 0.3 is 0 Å². The van der Waals surface area contributed by atoms with Crippen LogP contribution in [-0.2, 0) is 22.6 Å². The van der Waals surface area contributed by atoms with Crippen molar-refractivity contribution in [3.8, 4) is 17.2 Å². The summed E-state index contributed by atoms with van der Waals surface area (Å²) in [6.45, 7) is 5.42. The van der Waals surface area contributed by atoms with Crippen LogP contribution in [0.5, 0.6) is 17.2 Å². The highest BCUT2D eigenvalue weighted by molar-refractivity contribution is 5.78. The standard InChI is InChI=1S/C28H32N4O5/c1-18-12-19(2)32(30-18)16-27(34)31-10-8-20-14-25-24(35-3)15-23(20)28(31)21-6-4-7-22(13-21)36-11-5-9-29-26(33)17-37-25/h4,6-7,12-15,28H,5,8-11,16-17H2,1-3H3,(H,29,33). The summed E-state index contributed by atoms with van der Waals surface area (Å²) in [5, 5.41) is 7.35. The Hall–Kier alpha value is -4.01. The summed E-state index contributed by atoms with van der Waals surface area (Å²) in [6.07, 6.45) is 1.31. The fraction of sp³-hybridized carbons (Fsp3) is 0.393. The highest BCUT2D eigenvalue weighted by Crippen LogP contribution is 2.42. The lowest BCUT2D eigenvalue weighted by Gasteiger charge is -2.38. The maximum absolute atomic E-state index is 13.7. The number of benzene rings is 2. The number of methoxy groups -OCH3 is 1. The Balaban J connectivity index is 1.58. The first-order chi connectivity index (χ1) is 17.9. The first kappa shape index (κ1) is 24.7. The van der Waals surface area contributed by atoms with Crippen molar-refractivity contribution in [1.29, 1.82) is 0 Å². The zero-order valence-electron chi connectivity index (χ0n) is 21.5. The zero-order chi connectivity index (χ0) is 25.9. The maximum atomic E-state index is 13.7. The highest BCUT2D eigenvalue weighted by Gasteiger charge is 2.34. The zero-order valence-corrected chi connectivity index (χ0v) is 21.5. The van der Waals surface area contributed by atoms with Gasteiger partial charge in [0, 0.05) is 18.8 Å². The van der Waals surface area contributed by atoms with Crippen LogP contribution in [0.4, 0.5) is 0 Å². The van der Waals surface area contributed by atoms with E-state index in [9.17, 15) is 9.59 Å². The molecule has 194 valence electrons. The molecule has 37 heavy (non-hydrogen) atoms. The van der Waals surface area contributed by atoms with Crippen LogP contribution < -0.4 is 19.5 Å². The molecule has 9 heteroatoms. The average Bonchev–Trinajstić information content (AvgIpc) is 3.21. The summed E-state index contributed by atoms with van der Waals surface area (Å²) in [4.78, 5) is 27.9. The van der Waals surface area contributed by atoms with Gasteiger partial charge in [-0.1, -0.05) is 12.1 Å². The van der Waals surface area contributed by atoms with Crippen molar-refractivity contribution in [1.82, 2.24) is 20.0 Å². The Morgan fingerprint density at radius 3 is 2.84 bits per heavy atom. The normalized spacial score (nSPS) is 17.5. The molecule has 0 saturated carbocycles. The number of hydrogen-bond acceptors (Lipinski definition) is 6. The number of nitrogens with zero attached hydrogens (tertiary/aromatic N) is 3. The molecular formula is C28H32N4O5. The second kappa shape index (κ2) is 10.5. The molecule has 3 aliphatic rings. The molecule has 0 aliphatic carbocycles. The Bertz CT molecular complexity index is 1320. The molecule has 3 aromatic rings. The van der Waals surface area contributed by atoms with Gasteiger partial charge in [0.25, 0.3) is 5.91 Å². The molecule has 6 rings (SSSR count). The molecule has 0 fully saturated rings. The Morgan fingerprint density at radius 1 is 1.19 bits per heavy atom. The molecule has 1 atom stereocenters. The number of aryl methyl sites for hydroxylation is 2. The van der Waals surface area contributed by atoms with Gasteiger partial charge in [-0.3, -0.25) is 14.3 Å². The van der Waals surface area contributed by atoms with Gasteiger partial charge in [-0.15, -0.1) is 0 Å². The highest BCUT2D eigenvalue weighted by atomic mass is 16.5. The van der Waals surface area contributed by atoms with E-state index in [1.807, 2.05) is 61.2 Å². The Kier molecular flexibility index (Phi) is 7.03. The minimum absolute atomic E-state index is 0.0152. The summed E-state index contributed by atoms with van der Waals surface area (Å²) < 4.78 is 19.2. The van der Waals surface area contributed by atoms with Gasteiger partial charge in [0.1, 0.15) is 12.3 Å². The molecule has 2 aromatic carbocycles. The summed E-state index contributed by atoms with van der Waals surface area (Å²) in [5.41, 5.74) is 4.80. The molecule has 0 saturated heterocycles. The number of amides is 2. The van der Waals surface area contributed by atoms with Gasteiger partial charge in [0.2, 0.25) is 5.91 Å². The number of fused-ring (bicyclic) bond motifs is 8.